The van der Waals surface area contributed by atoms with Crippen molar-refractivity contribution >= 4 is 33.3 Å². The highest BCUT2D eigenvalue weighted by Crippen LogP contribution is 2.30. The largest absolute Gasteiger partial charge is 0.488 e. The van der Waals surface area contributed by atoms with Gasteiger partial charge in [-0.2, -0.15) is 4.31 Å². The Labute approximate surface area is 252 Å². The molecule has 4 rings (SSSR count). The number of anilines is 2. The lowest BCUT2D eigenvalue weighted by molar-refractivity contribution is -0.134. The molecule has 0 saturated carbocycles. The van der Waals surface area contributed by atoms with E-state index in [-0.39, 0.29) is 42.8 Å². The number of aromatic nitrogens is 1. The number of hydrogen-bond acceptors (Lipinski definition) is 8. The smallest absolute Gasteiger partial charge is 0.323 e. The molecule has 3 amide bonds. The summed E-state index contributed by atoms with van der Waals surface area (Å²) >= 11 is 0. The normalized spacial score (nSPS) is 18.2. The zero-order chi connectivity index (χ0) is 31.5. The summed E-state index contributed by atoms with van der Waals surface area (Å²) in [5.74, 6) is 0.352. The van der Waals surface area contributed by atoms with Crippen molar-refractivity contribution < 1.29 is 32.4 Å². The molecule has 3 N–H and O–H groups in total. The number of nitrogens with one attached hydrogen (secondary N) is 2. The molecular weight excluding hydrogens is 574 g/mol. The molecule has 12 nitrogen and oxygen atoms in total. The zero-order valence-corrected chi connectivity index (χ0v) is 26.1. The third-order valence-corrected chi connectivity index (χ3v) is 9.45. The van der Waals surface area contributed by atoms with Gasteiger partial charge < -0.3 is 29.9 Å². The lowest BCUT2D eigenvalue weighted by Gasteiger charge is -2.33. The Kier molecular flexibility index (Phi) is 9.78. The molecule has 0 fully saturated rings. The highest BCUT2D eigenvalue weighted by molar-refractivity contribution is 7.89. The van der Waals surface area contributed by atoms with Crippen molar-refractivity contribution in [1.82, 2.24) is 14.4 Å². The number of sulfonamides is 1. The molecule has 2 heterocycles. The van der Waals surface area contributed by atoms with Crippen LogP contribution in [0.2, 0.25) is 0 Å². The zero-order valence-electron chi connectivity index (χ0n) is 25.2. The van der Waals surface area contributed by atoms with Crippen LogP contribution in [0.4, 0.5) is 16.2 Å². The van der Waals surface area contributed by atoms with Crippen molar-refractivity contribution in [3.05, 3.63) is 65.0 Å². The number of nitrogens with zero attached hydrogens (tertiary/aromatic N) is 3. The summed E-state index contributed by atoms with van der Waals surface area (Å²) in [7, 11) is -2.31. The molecule has 0 aliphatic carbocycles. The first-order valence-corrected chi connectivity index (χ1v) is 15.5. The molecule has 0 saturated heterocycles. The first-order valence-electron chi connectivity index (χ1n) is 14.0. The number of rotatable bonds is 8. The maximum Gasteiger partial charge on any atom is 0.323 e. The number of likely N-dealkylation sites (N-methyl/N-ethyl adjacent to an activating group) is 1. The number of hydrogen-bond donors (Lipinski definition) is 3. The lowest BCUT2D eigenvalue weighted by atomic mass is 10.0. The minimum absolute atomic E-state index is 0.0200. The molecule has 0 unspecified atom stereocenters. The Hall–Kier alpha value is -3.94. The fourth-order valence-electron chi connectivity index (χ4n) is 4.90. The minimum Gasteiger partial charge on any atom is -0.488 e. The van der Waals surface area contributed by atoms with Gasteiger partial charge in [0, 0.05) is 30.8 Å². The van der Waals surface area contributed by atoms with Gasteiger partial charge in [-0.3, -0.25) is 4.79 Å². The second kappa shape index (κ2) is 13.1. The van der Waals surface area contributed by atoms with Crippen LogP contribution in [0.1, 0.15) is 36.4 Å². The van der Waals surface area contributed by atoms with E-state index in [1.165, 1.54) is 11.4 Å². The van der Waals surface area contributed by atoms with E-state index < -0.39 is 28.2 Å². The molecule has 43 heavy (non-hydrogen) atoms. The number of ether oxygens (including phenoxy) is 1. The number of amides is 3. The van der Waals surface area contributed by atoms with Gasteiger partial charge in [0.05, 0.1) is 30.5 Å². The Balaban J connectivity index is 1.62. The summed E-state index contributed by atoms with van der Waals surface area (Å²) in [5, 5.41) is 19.2. The van der Waals surface area contributed by atoms with E-state index >= 15 is 0 Å². The third-order valence-electron chi connectivity index (χ3n) is 7.61. The van der Waals surface area contributed by atoms with Crippen molar-refractivity contribution in [1.29, 1.82) is 0 Å². The first kappa shape index (κ1) is 32.0. The lowest BCUT2D eigenvalue weighted by Crippen LogP contribution is -2.48. The standard InChI is InChI=1S/C30H39N5O7S/c1-18-7-10-25(11-8-18)43(39,40)34(6)16-27-19(2)15-35(20(3)17-36)28(37)14-23-13-24(9-12-26(23)41-27)31-30(38)32-29-21(4)33-42-22(29)5/h7-13,19-20,27,36H,14-17H2,1-6H3,(H2,31,32,38)/t19-,20+,27+/m0/s1. The van der Waals surface area contributed by atoms with Gasteiger partial charge in [-0.25, -0.2) is 13.2 Å². The third kappa shape index (κ3) is 7.35. The fraction of sp³-hybridized carbons (Fsp3) is 0.433. The van der Waals surface area contributed by atoms with E-state index in [1.807, 2.05) is 13.8 Å². The van der Waals surface area contributed by atoms with E-state index in [9.17, 15) is 23.1 Å². The Morgan fingerprint density at radius 3 is 2.49 bits per heavy atom. The van der Waals surface area contributed by atoms with Crippen molar-refractivity contribution in [2.24, 2.45) is 5.92 Å². The molecule has 3 aromatic rings. The Morgan fingerprint density at radius 2 is 1.86 bits per heavy atom. The van der Waals surface area contributed by atoms with E-state index in [4.69, 9.17) is 9.26 Å². The molecule has 1 aliphatic rings. The molecule has 232 valence electrons. The topological polar surface area (TPSA) is 154 Å². The summed E-state index contributed by atoms with van der Waals surface area (Å²) in [5.41, 5.74) is 2.88. The molecule has 1 aromatic heterocycles. The molecule has 2 aromatic carbocycles. The maximum absolute atomic E-state index is 13.5. The van der Waals surface area contributed by atoms with Gasteiger partial charge in [0.25, 0.3) is 0 Å². The number of aryl methyl sites for hydroxylation is 3. The number of urea groups is 1. The van der Waals surface area contributed by atoms with E-state index in [0.717, 1.165) is 5.56 Å². The van der Waals surface area contributed by atoms with Crippen LogP contribution in [0.25, 0.3) is 0 Å². The molecule has 13 heteroatoms. The molecule has 0 spiro atoms. The van der Waals surface area contributed by atoms with Crippen LogP contribution >= 0.6 is 0 Å². The van der Waals surface area contributed by atoms with Crippen LogP contribution in [0, 0.1) is 26.7 Å². The number of aliphatic hydroxyl groups excluding tert-OH is 1. The van der Waals surface area contributed by atoms with Gasteiger partial charge in [0.1, 0.15) is 23.2 Å². The number of carbonyl (C=O) groups excluding carboxylic acids is 2. The Morgan fingerprint density at radius 1 is 1.16 bits per heavy atom. The predicted octanol–water partition coefficient (Wildman–Crippen LogP) is 3.71. The number of carbonyl (C=O) groups is 2. The summed E-state index contributed by atoms with van der Waals surface area (Å²) in [6.07, 6.45) is -0.678. The fourth-order valence-corrected chi connectivity index (χ4v) is 6.09. The average Bonchev–Trinajstić information content (AvgIpc) is 3.29. The van der Waals surface area contributed by atoms with Crippen molar-refractivity contribution in [2.45, 2.75) is 58.1 Å². The highest BCUT2D eigenvalue weighted by Gasteiger charge is 2.33. The summed E-state index contributed by atoms with van der Waals surface area (Å²) in [6, 6.07) is 10.6. The molecule has 0 radical (unpaired) electrons. The average molecular weight is 614 g/mol. The van der Waals surface area contributed by atoms with Crippen LogP contribution in [0.15, 0.2) is 51.9 Å². The van der Waals surface area contributed by atoms with Crippen molar-refractivity contribution in [3.63, 3.8) is 0 Å². The van der Waals surface area contributed by atoms with Crippen LogP contribution in [0.5, 0.6) is 5.75 Å². The van der Waals surface area contributed by atoms with Gasteiger partial charge in [-0.05, 0) is 58.0 Å². The van der Waals surface area contributed by atoms with Gasteiger partial charge in [-0.1, -0.05) is 29.8 Å². The van der Waals surface area contributed by atoms with Gasteiger partial charge in [0.2, 0.25) is 15.9 Å². The SMILES string of the molecule is Cc1ccc(S(=O)(=O)N(C)C[C@H]2Oc3ccc(NC(=O)Nc4c(C)noc4C)cc3CC(=O)N([C@H](C)CO)C[C@@H]2C)cc1. The molecular formula is C30H39N5O7S. The van der Waals surface area contributed by atoms with Crippen LogP contribution in [-0.4, -0.2) is 78.7 Å². The maximum atomic E-state index is 13.5. The molecule has 0 bridgehead atoms. The number of fused-ring (bicyclic) bond motifs is 1. The predicted molar refractivity (Wildman–Crippen MR) is 162 cm³/mol. The van der Waals surface area contributed by atoms with Crippen LogP contribution in [-0.2, 0) is 21.2 Å². The monoisotopic (exact) mass is 613 g/mol. The van der Waals surface area contributed by atoms with E-state index in [2.05, 4.69) is 15.8 Å². The van der Waals surface area contributed by atoms with Crippen molar-refractivity contribution in [2.75, 3.05) is 37.4 Å². The van der Waals surface area contributed by atoms with Gasteiger partial charge in [-0.15, -0.1) is 0 Å². The highest BCUT2D eigenvalue weighted by atomic mass is 32.2. The second-order valence-corrected chi connectivity index (χ2v) is 13.1. The number of aliphatic hydroxyl groups is 1. The second-order valence-electron chi connectivity index (χ2n) is 11.1. The van der Waals surface area contributed by atoms with Crippen LogP contribution in [0.3, 0.4) is 0 Å². The van der Waals surface area contributed by atoms with Crippen molar-refractivity contribution in [3.8, 4) is 5.75 Å². The van der Waals surface area contributed by atoms with E-state index in [1.54, 1.807) is 68.1 Å². The first-order chi connectivity index (χ1) is 20.3. The molecule has 1 aliphatic heterocycles. The summed E-state index contributed by atoms with van der Waals surface area (Å²) < 4.78 is 39.6. The van der Waals surface area contributed by atoms with Gasteiger partial charge in [0.15, 0.2) is 5.76 Å². The van der Waals surface area contributed by atoms with Gasteiger partial charge >= 0.3 is 6.03 Å². The summed E-state index contributed by atoms with van der Waals surface area (Å²) in [4.78, 5) is 28.0. The Bertz CT molecular complexity index is 1550. The minimum atomic E-state index is -3.81. The van der Waals surface area contributed by atoms with E-state index in [0.29, 0.717) is 34.1 Å². The quantitative estimate of drug-likeness (QED) is 0.347. The summed E-state index contributed by atoms with van der Waals surface area (Å²) in [6.45, 7) is 8.97. The number of benzene rings is 2. The molecule has 3 atom stereocenters. The van der Waals surface area contributed by atoms with Crippen LogP contribution < -0.4 is 15.4 Å².